The molecule has 2 heterocycles. The Bertz CT molecular complexity index is 848. The number of rotatable bonds is 5. The normalized spacial score (nSPS) is 10.6. The second-order valence-corrected chi connectivity index (χ2v) is 5.85. The molecular weight excluding hydrogens is 326 g/mol. The molecule has 0 aliphatic carbocycles. The number of carbonyl (C=O) groups excluding carboxylic acids is 1. The van der Waals surface area contributed by atoms with Crippen molar-refractivity contribution in [3.05, 3.63) is 53.7 Å². The molecule has 122 valence electrons. The summed E-state index contributed by atoms with van der Waals surface area (Å²) in [5, 5.41) is 13.1. The number of ether oxygens (including phenoxy) is 1. The monoisotopic (exact) mass is 341 g/mol. The number of carbonyl (C=O) groups is 1. The lowest BCUT2D eigenvalue weighted by atomic mass is 10.2. The van der Waals surface area contributed by atoms with E-state index in [1.54, 1.807) is 23.7 Å². The van der Waals surface area contributed by atoms with Crippen LogP contribution in [0.5, 0.6) is 0 Å². The maximum Gasteiger partial charge on any atom is 0.339 e. The smallest absolute Gasteiger partial charge is 0.339 e. The third-order valence-electron chi connectivity index (χ3n) is 3.23. The second-order valence-electron chi connectivity index (χ2n) is 4.87. The molecule has 0 saturated heterocycles. The number of hydrogen-bond acceptors (Lipinski definition) is 7. The zero-order valence-corrected chi connectivity index (χ0v) is 14.0. The van der Waals surface area contributed by atoms with Crippen molar-refractivity contribution in [2.45, 2.75) is 24.0 Å². The summed E-state index contributed by atoms with van der Waals surface area (Å²) >= 11 is 1.32. The lowest BCUT2D eigenvalue weighted by Gasteiger charge is -2.07. The van der Waals surface area contributed by atoms with Gasteiger partial charge in [0.05, 0.1) is 17.9 Å². The first-order valence-corrected chi connectivity index (χ1v) is 8.16. The van der Waals surface area contributed by atoms with E-state index in [2.05, 4.69) is 20.5 Å². The average Bonchev–Trinajstić information content (AvgIpc) is 3.04. The summed E-state index contributed by atoms with van der Waals surface area (Å²) in [5.74, 6) is -0.383. The molecule has 0 saturated carbocycles. The minimum absolute atomic E-state index is 0.334. The summed E-state index contributed by atoms with van der Waals surface area (Å²) in [5.41, 5.74) is 2.39. The fraction of sp³-hybridized carbons (Fsp3) is 0.188. The summed E-state index contributed by atoms with van der Waals surface area (Å²) in [7, 11) is 0. The maximum absolute atomic E-state index is 11.6. The average molecular weight is 341 g/mol. The third kappa shape index (κ3) is 3.43. The molecule has 0 spiro atoms. The zero-order valence-electron chi connectivity index (χ0n) is 13.2. The highest BCUT2D eigenvalue weighted by Gasteiger charge is 2.13. The number of aryl methyl sites for hydroxylation is 1. The van der Waals surface area contributed by atoms with Crippen LogP contribution in [0.4, 0.5) is 0 Å². The third-order valence-corrected chi connectivity index (χ3v) is 4.12. The van der Waals surface area contributed by atoms with E-state index in [0.717, 1.165) is 11.3 Å². The summed E-state index contributed by atoms with van der Waals surface area (Å²) in [4.78, 5) is 15.9. The van der Waals surface area contributed by atoms with Crippen LogP contribution in [0.3, 0.4) is 0 Å². The summed E-state index contributed by atoms with van der Waals surface area (Å²) in [6.45, 7) is 4.10. The molecule has 0 bridgehead atoms. The van der Waals surface area contributed by atoms with Gasteiger partial charge in [-0.2, -0.15) is 4.68 Å². The molecule has 0 unspecified atom stereocenters. The number of esters is 1. The minimum Gasteiger partial charge on any atom is -0.462 e. The number of para-hydroxylation sites is 1. The van der Waals surface area contributed by atoms with Crippen LogP contribution in [-0.2, 0) is 4.74 Å². The van der Waals surface area contributed by atoms with Gasteiger partial charge in [-0.1, -0.05) is 18.2 Å². The second kappa shape index (κ2) is 7.22. The van der Waals surface area contributed by atoms with E-state index in [4.69, 9.17) is 4.74 Å². The molecule has 1 aromatic carbocycles. The molecular formula is C16H15N5O2S. The Hall–Kier alpha value is -2.74. The predicted octanol–water partition coefficient (Wildman–Crippen LogP) is 2.69. The Morgan fingerprint density at radius 1 is 1.25 bits per heavy atom. The van der Waals surface area contributed by atoms with Gasteiger partial charge in [-0.15, -0.1) is 5.10 Å². The van der Waals surface area contributed by atoms with Crippen LogP contribution in [0.15, 0.2) is 52.8 Å². The lowest BCUT2D eigenvalue weighted by molar-refractivity contribution is 0.0525. The van der Waals surface area contributed by atoms with E-state index in [1.807, 2.05) is 31.2 Å². The molecule has 7 nitrogen and oxygen atoms in total. The van der Waals surface area contributed by atoms with E-state index in [0.29, 0.717) is 22.4 Å². The van der Waals surface area contributed by atoms with Crippen LogP contribution < -0.4 is 0 Å². The molecule has 2 aromatic heterocycles. The number of benzene rings is 1. The molecule has 0 aliphatic rings. The van der Waals surface area contributed by atoms with Crippen molar-refractivity contribution in [1.29, 1.82) is 0 Å². The van der Waals surface area contributed by atoms with Gasteiger partial charge in [0.15, 0.2) is 0 Å². The molecule has 0 amide bonds. The molecule has 24 heavy (non-hydrogen) atoms. The van der Waals surface area contributed by atoms with Crippen molar-refractivity contribution in [2.24, 2.45) is 0 Å². The fourth-order valence-electron chi connectivity index (χ4n) is 2.06. The standard InChI is InChI=1S/C16H15N5O2S/c1-3-23-15(22)12-8-9-14(17-10-12)24-16-18-19-20-21(16)13-7-5-4-6-11(13)2/h4-10H,3H2,1-2H3. The molecule has 0 atom stereocenters. The summed E-state index contributed by atoms with van der Waals surface area (Å²) in [6, 6.07) is 11.3. The lowest BCUT2D eigenvalue weighted by Crippen LogP contribution is -2.05. The highest BCUT2D eigenvalue weighted by Crippen LogP contribution is 2.26. The van der Waals surface area contributed by atoms with Crippen LogP contribution in [0.25, 0.3) is 5.69 Å². The van der Waals surface area contributed by atoms with E-state index < -0.39 is 0 Å². The maximum atomic E-state index is 11.6. The molecule has 3 rings (SSSR count). The quantitative estimate of drug-likeness (QED) is 0.660. The predicted molar refractivity (Wildman–Crippen MR) is 88.2 cm³/mol. The first kappa shape index (κ1) is 16.1. The van der Waals surface area contributed by atoms with Gasteiger partial charge in [0.1, 0.15) is 5.03 Å². The first-order chi connectivity index (χ1) is 11.7. The fourth-order valence-corrected chi connectivity index (χ4v) is 2.79. The largest absolute Gasteiger partial charge is 0.462 e. The Kier molecular flexibility index (Phi) is 4.85. The van der Waals surface area contributed by atoms with Crippen LogP contribution in [0.2, 0.25) is 0 Å². The number of tetrazole rings is 1. The van der Waals surface area contributed by atoms with Gasteiger partial charge in [-0.25, -0.2) is 9.78 Å². The van der Waals surface area contributed by atoms with Crippen molar-refractivity contribution in [2.75, 3.05) is 6.61 Å². The van der Waals surface area contributed by atoms with Crippen molar-refractivity contribution in [3.63, 3.8) is 0 Å². The van der Waals surface area contributed by atoms with E-state index in [9.17, 15) is 4.79 Å². The van der Waals surface area contributed by atoms with Gasteiger partial charge in [-0.05, 0) is 59.8 Å². The van der Waals surface area contributed by atoms with E-state index in [1.165, 1.54) is 18.0 Å². The Labute approximate surface area is 143 Å². The topological polar surface area (TPSA) is 82.8 Å². The Morgan fingerprint density at radius 3 is 2.79 bits per heavy atom. The summed E-state index contributed by atoms with van der Waals surface area (Å²) < 4.78 is 6.61. The molecule has 8 heteroatoms. The highest BCUT2D eigenvalue weighted by molar-refractivity contribution is 7.99. The SMILES string of the molecule is CCOC(=O)c1ccc(Sc2nnnn2-c2ccccc2C)nc1. The molecule has 0 radical (unpaired) electrons. The zero-order chi connectivity index (χ0) is 16.9. The first-order valence-electron chi connectivity index (χ1n) is 7.34. The summed E-state index contributed by atoms with van der Waals surface area (Å²) in [6.07, 6.45) is 1.49. The highest BCUT2D eigenvalue weighted by atomic mass is 32.2. The van der Waals surface area contributed by atoms with Gasteiger partial charge in [-0.3, -0.25) is 0 Å². The van der Waals surface area contributed by atoms with Gasteiger partial charge in [0, 0.05) is 6.20 Å². The van der Waals surface area contributed by atoms with E-state index >= 15 is 0 Å². The van der Waals surface area contributed by atoms with Crippen molar-refractivity contribution < 1.29 is 9.53 Å². The van der Waals surface area contributed by atoms with Crippen molar-refractivity contribution in [1.82, 2.24) is 25.2 Å². The van der Waals surface area contributed by atoms with Gasteiger partial charge in [0.2, 0.25) is 5.16 Å². The van der Waals surface area contributed by atoms with Crippen LogP contribution in [-0.4, -0.2) is 37.8 Å². The van der Waals surface area contributed by atoms with Crippen molar-refractivity contribution in [3.8, 4) is 5.69 Å². The number of nitrogens with zero attached hydrogens (tertiary/aromatic N) is 5. The molecule has 0 N–H and O–H groups in total. The molecule has 0 fully saturated rings. The molecule has 0 aliphatic heterocycles. The molecule has 3 aromatic rings. The minimum atomic E-state index is -0.383. The van der Waals surface area contributed by atoms with Gasteiger partial charge in [0.25, 0.3) is 0 Å². The van der Waals surface area contributed by atoms with Crippen LogP contribution in [0.1, 0.15) is 22.8 Å². The van der Waals surface area contributed by atoms with Gasteiger partial charge < -0.3 is 4.74 Å². The number of hydrogen-bond donors (Lipinski definition) is 0. The van der Waals surface area contributed by atoms with Crippen LogP contribution in [0, 0.1) is 6.92 Å². The Balaban J connectivity index is 1.82. The van der Waals surface area contributed by atoms with E-state index in [-0.39, 0.29) is 5.97 Å². The number of pyridine rings is 1. The van der Waals surface area contributed by atoms with Crippen LogP contribution >= 0.6 is 11.8 Å². The Morgan fingerprint density at radius 2 is 2.08 bits per heavy atom. The number of aromatic nitrogens is 5. The van der Waals surface area contributed by atoms with Gasteiger partial charge >= 0.3 is 5.97 Å². The van der Waals surface area contributed by atoms with Crippen molar-refractivity contribution >= 4 is 17.7 Å².